The molecule has 140 valence electrons. The number of methoxy groups -OCH3 is 3. The maximum atomic E-state index is 5.99. The Morgan fingerprint density at radius 3 is 2.00 bits per heavy atom. The summed E-state index contributed by atoms with van der Waals surface area (Å²) in [7, 11) is 4.65. The van der Waals surface area contributed by atoms with Crippen molar-refractivity contribution in [3.05, 3.63) is 47.7 Å². The summed E-state index contributed by atoms with van der Waals surface area (Å²) < 4.78 is 16.0. The highest BCUT2D eigenvalue weighted by atomic mass is 35.5. The van der Waals surface area contributed by atoms with Crippen LogP contribution in [-0.4, -0.2) is 36.3 Å². The number of nitrogens with one attached hydrogen (secondary N) is 2. The summed E-state index contributed by atoms with van der Waals surface area (Å²) in [4.78, 5) is 12.6. The van der Waals surface area contributed by atoms with Crippen molar-refractivity contribution in [2.45, 2.75) is 0 Å². The molecule has 9 heteroatoms. The summed E-state index contributed by atoms with van der Waals surface area (Å²) in [5.74, 6) is 2.27. The quantitative estimate of drug-likeness (QED) is 0.627. The second-order valence-corrected chi connectivity index (χ2v) is 5.74. The molecular weight excluding hydrogens is 370 g/mol. The van der Waals surface area contributed by atoms with Crippen LogP contribution >= 0.6 is 11.6 Å². The first-order valence-electron chi connectivity index (χ1n) is 7.91. The molecule has 0 amide bonds. The molecule has 0 atom stereocenters. The van der Waals surface area contributed by atoms with Gasteiger partial charge in [0.05, 0.1) is 21.3 Å². The van der Waals surface area contributed by atoms with Crippen molar-refractivity contribution in [2.75, 3.05) is 32.0 Å². The molecule has 0 spiro atoms. The van der Waals surface area contributed by atoms with Gasteiger partial charge in [-0.15, -0.1) is 0 Å². The molecule has 0 bridgehead atoms. The Labute approximate surface area is 161 Å². The highest BCUT2D eigenvalue weighted by molar-refractivity contribution is 6.30. The van der Waals surface area contributed by atoms with Gasteiger partial charge in [0.1, 0.15) is 6.33 Å². The zero-order chi connectivity index (χ0) is 19.2. The van der Waals surface area contributed by atoms with Gasteiger partial charge in [0.25, 0.3) is 0 Å². The number of ether oxygens (including phenoxy) is 3. The molecule has 2 N–H and O–H groups in total. The van der Waals surface area contributed by atoms with Crippen molar-refractivity contribution in [3.8, 4) is 17.2 Å². The van der Waals surface area contributed by atoms with Crippen LogP contribution < -0.4 is 24.8 Å². The molecule has 1 aromatic heterocycles. The van der Waals surface area contributed by atoms with E-state index >= 15 is 0 Å². The Morgan fingerprint density at radius 1 is 0.815 bits per heavy atom. The van der Waals surface area contributed by atoms with E-state index in [1.807, 2.05) is 12.1 Å². The predicted octanol–water partition coefficient (Wildman–Crippen LogP) is 4.04. The first kappa shape index (κ1) is 18.5. The standard InChI is InChI=1S/C18H18ClN5O3/c1-25-14-8-13(9-15(26-2)16(14)27-3)23-18-21-10-20-17(24-18)22-12-6-4-5-11(19)7-12/h4-10H,1-3H3,(H2,20,21,22,23,24). The van der Waals surface area contributed by atoms with Crippen LogP contribution in [-0.2, 0) is 0 Å². The molecule has 0 aliphatic rings. The summed E-state index contributed by atoms with van der Waals surface area (Å²) in [6, 6.07) is 10.8. The highest BCUT2D eigenvalue weighted by Gasteiger charge is 2.14. The van der Waals surface area contributed by atoms with E-state index in [1.54, 1.807) is 45.6 Å². The van der Waals surface area contributed by atoms with Crippen molar-refractivity contribution in [3.63, 3.8) is 0 Å². The Morgan fingerprint density at radius 2 is 1.44 bits per heavy atom. The molecule has 0 saturated carbocycles. The van der Waals surface area contributed by atoms with E-state index in [2.05, 4.69) is 25.6 Å². The monoisotopic (exact) mass is 387 g/mol. The van der Waals surface area contributed by atoms with Gasteiger partial charge in [-0.25, -0.2) is 9.97 Å². The molecule has 3 aromatic rings. The van der Waals surface area contributed by atoms with E-state index < -0.39 is 0 Å². The summed E-state index contributed by atoms with van der Waals surface area (Å²) in [5, 5.41) is 6.79. The summed E-state index contributed by atoms with van der Waals surface area (Å²) in [5.41, 5.74) is 1.44. The number of hydrogen-bond donors (Lipinski definition) is 2. The van der Waals surface area contributed by atoms with Crippen LogP contribution in [0.5, 0.6) is 17.2 Å². The Kier molecular flexibility index (Phi) is 5.77. The van der Waals surface area contributed by atoms with E-state index in [4.69, 9.17) is 25.8 Å². The first-order chi connectivity index (χ1) is 13.1. The van der Waals surface area contributed by atoms with Gasteiger partial charge >= 0.3 is 0 Å². The van der Waals surface area contributed by atoms with Crippen molar-refractivity contribution in [2.24, 2.45) is 0 Å². The minimum absolute atomic E-state index is 0.351. The molecule has 2 aromatic carbocycles. The average Bonchev–Trinajstić information content (AvgIpc) is 2.67. The average molecular weight is 388 g/mol. The van der Waals surface area contributed by atoms with Crippen LogP contribution in [0, 0.1) is 0 Å². The third kappa shape index (κ3) is 4.48. The van der Waals surface area contributed by atoms with Crippen LogP contribution in [0.2, 0.25) is 5.02 Å². The van der Waals surface area contributed by atoms with Crippen molar-refractivity contribution >= 4 is 34.9 Å². The molecule has 0 aliphatic carbocycles. The van der Waals surface area contributed by atoms with Crippen LogP contribution in [0.4, 0.5) is 23.3 Å². The molecular formula is C18H18ClN5O3. The normalized spacial score (nSPS) is 10.2. The van der Waals surface area contributed by atoms with E-state index in [0.29, 0.717) is 39.9 Å². The number of halogens is 1. The number of rotatable bonds is 7. The van der Waals surface area contributed by atoms with Gasteiger partial charge in [-0.2, -0.15) is 4.98 Å². The lowest BCUT2D eigenvalue weighted by Gasteiger charge is -2.14. The van der Waals surface area contributed by atoms with Gasteiger partial charge in [0.15, 0.2) is 11.5 Å². The lowest BCUT2D eigenvalue weighted by molar-refractivity contribution is 0.324. The van der Waals surface area contributed by atoms with E-state index in [-0.39, 0.29) is 0 Å². The van der Waals surface area contributed by atoms with Crippen LogP contribution in [0.15, 0.2) is 42.7 Å². The number of hydrogen-bond acceptors (Lipinski definition) is 8. The van der Waals surface area contributed by atoms with Gasteiger partial charge in [-0.05, 0) is 18.2 Å². The molecule has 1 heterocycles. The van der Waals surface area contributed by atoms with Crippen molar-refractivity contribution in [1.29, 1.82) is 0 Å². The number of aromatic nitrogens is 3. The van der Waals surface area contributed by atoms with Crippen LogP contribution in [0.3, 0.4) is 0 Å². The molecule has 0 fully saturated rings. The highest BCUT2D eigenvalue weighted by Crippen LogP contribution is 2.40. The second kappa shape index (κ2) is 8.41. The first-order valence-corrected chi connectivity index (χ1v) is 8.29. The lowest BCUT2D eigenvalue weighted by atomic mass is 10.2. The fourth-order valence-corrected chi connectivity index (χ4v) is 2.58. The maximum absolute atomic E-state index is 5.99. The number of nitrogens with zero attached hydrogens (tertiary/aromatic N) is 3. The molecule has 0 unspecified atom stereocenters. The topological polar surface area (TPSA) is 90.4 Å². The third-order valence-electron chi connectivity index (χ3n) is 3.57. The second-order valence-electron chi connectivity index (χ2n) is 5.31. The van der Waals surface area contributed by atoms with Gasteiger partial charge in [0.2, 0.25) is 17.6 Å². The Hall–Kier alpha value is -3.26. The van der Waals surface area contributed by atoms with Gasteiger partial charge in [-0.1, -0.05) is 17.7 Å². The minimum atomic E-state index is 0.351. The number of anilines is 4. The third-order valence-corrected chi connectivity index (χ3v) is 3.81. The SMILES string of the molecule is COc1cc(Nc2ncnc(Nc3cccc(Cl)c3)n2)cc(OC)c1OC. The van der Waals surface area contributed by atoms with E-state index in [1.165, 1.54) is 6.33 Å². The van der Waals surface area contributed by atoms with Crippen molar-refractivity contribution in [1.82, 2.24) is 15.0 Å². The molecule has 0 radical (unpaired) electrons. The molecule has 3 rings (SSSR count). The summed E-state index contributed by atoms with van der Waals surface area (Å²) in [6.45, 7) is 0. The fourth-order valence-electron chi connectivity index (χ4n) is 2.39. The van der Waals surface area contributed by atoms with Gasteiger partial charge < -0.3 is 24.8 Å². The van der Waals surface area contributed by atoms with Crippen LogP contribution in [0.1, 0.15) is 0 Å². The predicted molar refractivity (Wildman–Crippen MR) is 104 cm³/mol. The molecule has 0 saturated heterocycles. The van der Waals surface area contributed by atoms with Gasteiger partial charge in [0, 0.05) is 28.5 Å². The van der Waals surface area contributed by atoms with E-state index in [0.717, 1.165) is 5.69 Å². The van der Waals surface area contributed by atoms with Gasteiger partial charge in [-0.3, -0.25) is 0 Å². The van der Waals surface area contributed by atoms with E-state index in [9.17, 15) is 0 Å². The fraction of sp³-hybridized carbons (Fsp3) is 0.167. The Balaban J connectivity index is 1.84. The zero-order valence-corrected chi connectivity index (χ0v) is 15.7. The molecule has 0 aliphatic heterocycles. The zero-order valence-electron chi connectivity index (χ0n) is 15.0. The van der Waals surface area contributed by atoms with Crippen molar-refractivity contribution < 1.29 is 14.2 Å². The smallest absolute Gasteiger partial charge is 0.232 e. The van der Waals surface area contributed by atoms with Crippen LogP contribution in [0.25, 0.3) is 0 Å². The summed E-state index contributed by atoms with van der Waals surface area (Å²) in [6.07, 6.45) is 1.40. The largest absolute Gasteiger partial charge is 0.493 e. The molecule has 27 heavy (non-hydrogen) atoms. The Bertz CT molecular complexity index is 913. The minimum Gasteiger partial charge on any atom is -0.493 e. The maximum Gasteiger partial charge on any atom is 0.232 e. The lowest BCUT2D eigenvalue weighted by Crippen LogP contribution is -2.03. The summed E-state index contributed by atoms with van der Waals surface area (Å²) >= 11 is 5.99. The molecule has 8 nitrogen and oxygen atoms in total. The number of benzene rings is 2.